The third-order valence-electron chi connectivity index (χ3n) is 4.77. The van der Waals surface area contributed by atoms with Crippen LogP contribution in [0, 0.1) is 12.7 Å². The highest BCUT2D eigenvalue weighted by atomic mass is 19.1. The van der Waals surface area contributed by atoms with Crippen LogP contribution in [0.1, 0.15) is 30.6 Å². The molecule has 1 aliphatic rings. The third kappa shape index (κ3) is 3.32. The summed E-state index contributed by atoms with van der Waals surface area (Å²) in [7, 11) is 0. The van der Waals surface area contributed by atoms with Crippen LogP contribution in [0.25, 0.3) is 22.2 Å². The first-order valence-electron chi connectivity index (χ1n) is 8.89. The number of fused-ring (bicyclic) bond motifs is 4. The number of benzene rings is 2. The molecule has 1 unspecified atom stereocenters. The Morgan fingerprint density at radius 3 is 2.96 bits per heavy atom. The van der Waals surface area contributed by atoms with Gasteiger partial charge >= 0.3 is 6.09 Å². The largest absolute Gasteiger partial charge is 0.494 e. The lowest BCUT2D eigenvalue weighted by Gasteiger charge is -2.17. The van der Waals surface area contributed by atoms with Crippen molar-refractivity contribution in [1.82, 2.24) is 15.5 Å². The van der Waals surface area contributed by atoms with Crippen LogP contribution in [0.5, 0.6) is 5.75 Å². The molecule has 140 valence electrons. The van der Waals surface area contributed by atoms with Crippen molar-refractivity contribution in [2.45, 2.75) is 26.4 Å². The van der Waals surface area contributed by atoms with Gasteiger partial charge in [0.05, 0.1) is 12.1 Å². The van der Waals surface area contributed by atoms with Gasteiger partial charge in [0, 0.05) is 17.5 Å². The van der Waals surface area contributed by atoms with Gasteiger partial charge in [-0.1, -0.05) is 0 Å². The highest BCUT2D eigenvalue weighted by Crippen LogP contribution is 2.33. The lowest BCUT2D eigenvalue weighted by molar-refractivity contribution is 0.106. The highest BCUT2D eigenvalue weighted by Gasteiger charge is 2.20. The number of carbonyl (C=O) groups is 1. The van der Waals surface area contributed by atoms with Crippen LogP contribution in [0.15, 0.2) is 30.3 Å². The zero-order chi connectivity index (χ0) is 19.0. The van der Waals surface area contributed by atoms with E-state index in [0.717, 1.165) is 10.9 Å². The number of hydrogen-bond donors (Lipinski definition) is 2. The number of rotatable bonds is 0. The standard InChI is InChI=1S/C20H20FN3O3/c1-11-15-8-13(9-17(11)21)19-16-10-14(4-5-18(16)23-24-19)26-7-3-6-22-20(25)27-12(15)2/h4-5,8-10,12H,3,6-7H2,1-2H3,(H,22,25)(H,23,24). The fourth-order valence-corrected chi connectivity index (χ4v) is 3.28. The van der Waals surface area contributed by atoms with Crippen molar-refractivity contribution in [1.29, 1.82) is 0 Å². The first-order valence-corrected chi connectivity index (χ1v) is 8.89. The molecule has 3 aromatic rings. The van der Waals surface area contributed by atoms with Crippen molar-refractivity contribution in [3.8, 4) is 17.0 Å². The summed E-state index contributed by atoms with van der Waals surface area (Å²) in [6.07, 6.45) is -0.492. The second-order valence-electron chi connectivity index (χ2n) is 6.63. The van der Waals surface area contributed by atoms with Gasteiger partial charge in [-0.25, -0.2) is 9.18 Å². The molecule has 1 aliphatic heterocycles. The monoisotopic (exact) mass is 369 g/mol. The predicted molar refractivity (Wildman–Crippen MR) is 99.2 cm³/mol. The van der Waals surface area contributed by atoms with Gasteiger partial charge < -0.3 is 14.8 Å². The fourth-order valence-electron chi connectivity index (χ4n) is 3.28. The number of H-pyrrole nitrogens is 1. The number of carbonyl (C=O) groups excluding carboxylic acids is 1. The topological polar surface area (TPSA) is 76.2 Å². The van der Waals surface area contributed by atoms with E-state index >= 15 is 0 Å². The molecule has 0 fully saturated rings. The number of nitrogens with one attached hydrogen (secondary N) is 2. The Morgan fingerprint density at radius 1 is 1.26 bits per heavy atom. The molecule has 1 atom stereocenters. The van der Waals surface area contributed by atoms with Gasteiger partial charge in [0.25, 0.3) is 0 Å². The molecule has 7 heteroatoms. The smallest absolute Gasteiger partial charge is 0.407 e. The van der Waals surface area contributed by atoms with Crippen molar-refractivity contribution in [2.24, 2.45) is 0 Å². The first kappa shape index (κ1) is 17.3. The van der Waals surface area contributed by atoms with E-state index in [2.05, 4.69) is 15.5 Å². The van der Waals surface area contributed by atoms with E-state index in [1.165, 1.54) is 6.07 Å². The molecule has 2 N–H and O–H groups in total. The lowest BCUT2D eigenvalue weighted by Crippen LogP contribution is -2.27. The van der Waals surface area contributed by atoms with Gasteiger partial charge in [-0.15, -0.1) is 0 Å². The van der Waals surface area contributed by atoms with Gasteiger partial charge in [0.1, 0.15) is 23.4 Å². The van der Waals surface area contributed by atoms with Gasteiger partial charge in [-0.2, -0.15) is 5.10 Å². The molecule has 1 aromatic heterocycles. The van der Waals surface area contributed by atoms with Crippen LogP contribution in [0.3, 0.4) is 0 Å². The van der Waals surface area contributed by atoms with Crippen molar-refractivity contribution in [2.75, 3.05) is 13.2 Å². The minimum Gasteiger partial charge on any atom is -0.494 e. The van der Waals surface area contributed by atoms with E-state index < -0.39 is 12.2 Å². The summed E-state index contributed by atoms with van der Waals surface area (Å²) in [5.74, 6) is 0.329. The number of amides is 1. The van der Waals surface area contributed by atoms with Crippen LogP contribution in [-0.2, 0) is 4.74 Å². The number of alkyl carbamates (subject to hydrolysis) is 1. The van der Waals surface area contributed by atoms with Gasteiger partial charge in [0.15, 0.2) is 0 Å². The van der Waals surface area contributed by atoms with Crippen molar-refractivity contribution in [3.05, 3.63) is 47.3 Å². The van der Waals surface area contributed by atoms with Crippen molar-refractivity contribution >= 4 is 17.0 Å². The van der Waals surface area contributed by atoms with Crippen LogP contribution < -0.4 is 10.1 Å². The van der Waals surface area contributed by atoms with E-state index in [0.29, 0.717) is 47.7 Å². The summed E-state index contributed by atoms with van der Waals surface area (Å²) >= 11 is 0. The van der Waals surface area contributed by atoms with Crippen LogP contribution in [-0.4, -0.2) is 29.4 Å². The summed E-state index contributed by atoms with van der Waals surface area (Å²) in [5.41, 5.74) is 3.14. The van der Waals surface area contributed by atoms with E-state index in [4.69, 9.17) is 9.47 Å². The lowest BCUT2D eigenvalue weighted by atomic mass is 9.97. The number of aromatic amines is 1. The predicted octanol–water partition coefficient (Wildman–Crippen LogP) is 4.25. The average Bonchev–Trinajstić information content (AvgIpc) is 3.06. The number of nitrogens with zero attached hydrogens (tertiary/aromatic N) is 1. The maximum absolute atomic E-state index is 14.6. The van der Waals surface area contributed by atoms with Gasteiger partial charge in [-0.3, -0.25) is 5.10 Å². The Labute approximate surface area is 155 Å². The first-order chi connectivity index (χ1) is 13.0. The maximum atomic E-state index is 14.6. The summed E-state index contributed by atoms with van der Waals surface area (Å²) in [4.78, 5) is 12.0. The average molecular weight is 369 g/mol. The zero-order valence-electron chi connectivity index (χ0n) is 15.1. The molecule has 1 amide bonds. The summed E-state index contributed by atoms with van der Waals surface area (Å²) < 4.78 is 25.8. The van der Waals surface area contributed by atoms with Gasteiger partial charge in [0.2, 0.25) is 0 Å². The minimum atomic E-state index is -0.596. The Balaban J connectivity index is 1.88. The van der Waals surface area contributed by atoms with Crippen LogP contribution in [0.4, 0.5) is 9.18 Å². The molecule has 0 spiro atoms. The normalized spacial score (nSPS) is 17.6. The summed E-state index contributed by atoms with van der Waals surface area (Å²) in [6.45, 7) is 4.29. The van der Waals surface area contributed by atoms with Crippen LogP contribution in [0.2, 0.25) is 0 Å². The third-order valence-corrected chi connectivity index (χ3v) is 4.77. The van der Waals surface area contributed by atoms with E-state index in [1.807, 2.05) is 24.3 Å². The Hall–Kier alpha value is -3.09. The number of cyclic esters (lactones) is 1. The highest BCUT2D eigenvalue weighted by molar-refractivity contribution is 5.94. The summed E-state index contributed by atoms with van der Waals surface area (Å²) in [6, 6.07) is 8.90. The second-order valence-corrected chi connectivity index (χ2v) is 6.63. The molecular weight excluding hydrogens is 349 g/mol. The number of halogens is 1. The molecule has 0 saturated heterocycles. The SMILES string of the molecule is Cc1c(F)cc2cc1C(C)OC(=O)NCCCOc1ccc3[nH]nc-2c3c1. The quantitative estimate of drug-likeness (QED) is 0.621. The second kappa shape index (κ2) is 6.90. The molecule has 4 rings (SSSR count). The molecule has 0 aliphatic carbocycles. The molecular formula is C20H20FN3O3. The molecule has 2 heterocycles. The molecule has 6 nitrogen and oxygen atoms in total. The van der Waals surface area contributed by atoms with E-state index in [1.54, 1.807) is 13.8 Å². The number of ether oxygens (including phenoxy) is 2. The molecule has 27 heavy (non-hydrogen) atoms. The molecule has 4 bridgehead atoms. The van der Waals surface area contributed by atoms with E-state index in [9.17, 15) is 9.18 Å². The Morgan fingerprint density at radius 2 is 2.11 bits per heavy atom. The molecule has 0 radical (unpaired) electrons. The van der Waals surface area contributed by atoms with Gasteiger partial charge in [-0.05, 0) is 61.7 Å². The molecule has 0 saturated carbocycles. The summed E-state index contributed by atoms with van der Waals surface area (Å²) in [5, 5.41) is 10.9. The van der Waals surface area contributed by atoms with E-state index in [-0.39, 0.29) is 5.82 Å². The van der Waals surface area contributed by atoms with Crippen LogP contribution >= 0.6 is 0 Å². The zero-order valence-corrected chi connectivity index (χ0v) is 15.1. The Kier molecular flexibility index (Phi) is 4.43. The fraction of sp³-hybridized carbons (Fsp3) is 0.300. The number of aromatic nitrogens is 2. The Bertz CT molecular complexity index is 1020. The van der Waals surface area contributed by atoms with Crippen molar-refractivity contribution in [3.63, 3.8) is 0 Å². The molecule has 2 aromatic carbocycles. The van der Waals surface area contributed by atoms with Crippen molar-refractivity contribution < 1.29 is 18.7 Å². The minimum absolute atomic E-state index is 0.369. The maximum Gasteiger partial charge on any atom is 0.407 e. The number of hydrogen-bond acceptors (Lipinski definition) is 4.